The van der Waals surface area contributed by atoms with E-state index in [2.05, 4.69) is 37.1 Å². The number of aromatic nitrogens is 1. The molecule has 4 rings (SSSR count). The van der Waals surface area contributed by atoms with E-state index in [1.807, 2.05) is 28.5 Å². The highest BCUT2D eigenvalue weighted by Crippen LogP contribution is 2.29. The highest BCUT2D eigenvalue weighted by atomic mass is 32.1. The molecule has 3 aromatic rings. The summed E-state index contributed by atoms with van der Waals surface area (Å²) in [5.41, 5.74) is 3.68. The Labute approximate surface area is 158 Å². The molecule has 3 heterocycles. The first-order valence-corrected chi connectivity index (χ1v) is 9.93. The average molecular weight is 366 g/mol. The topological polar surface area (TPSA) is 36.4 Å². The molecule has 2 aromatic heterocycles. The summed E-state index contributed by atoms with van der Waals surface area (Å²) in [6.07, 6.45) is 1.02. The van der Waals surface area contributed by atoms with Gasteiger partial charge in [0.15, 0.2) is 0 Å². The summed E-state index contributed by atoms with van der Waals surface area (Å²) in [5.74, 6) is 0.121. The molecule has 1 fully saturated rings. The summed E-state index contributed by atoms with van der Waals surface area (Å²) in [6, 6.07) is 12.2. The lowest BCUT2D eigenvalue weighted by Crippen LogP contribution is -2.34. The Balaban J connectivity index is 1.81. The van der Waals surface area contributed by atoms with Crippen molar-refractivity contribution >= 4 is 28.1 Å². The van der Waals surface area contributed by atoms with Crippen molar-refractivity contribution in [3.8, 4) is 10.6 Å². The van der Waals surface area contributed by atoms with E-state index in [1.165, 1.54) is 0 Å². The summed E-state index contributed by atoms with van der Waals surface area (Å²) < 4.78 is 0. The number of hydrogen-bond acceptors (Lipinski definition) is 4. The van der Waals surface area contributed by atoms with Gasteiger partial charge < -0.3 is 9.80 Å². The molecule has 0 atom stereocenters. The Bertz CT molecular complexity index is 936. The fourth-order valence-corrected chi connectivity index (χ4v) is 4.17. The van der Waals surface area contributed by atoms with Crippen molar-refractivity contribution in [2.75, 3.05) is 33.2 Å². The summed E-state index contributed by atoms with van der Waals surface area (Å²) in [4.78, 5) is 23.6. The molecule has 1 aliphatic heterocycles. The monoisotopic (exact) mass is 365 g/mol. The summed E-state index contributed by atoms with van der Waals surface area (Å²) in [5, 5.41) is 3.00. The number of nitrogens with zero attached hydrogens (tertiary/aromatic N) is 3. The van der Waals surface area contributed by atoms with Crippen LogP contribution in [-0.2, 0) is 0 Å². The van der Waals surface area contributed by atoms with Crippen molar-refractivity contribution in [3.05, 3.63) is 52.9 Å². The van der Waals surface area contributed by atoms with Crippen LogP contribution < -0.4 is 0 Å². The van der Waals surface area contributed by atoms with Crippen LogP contribution in [0.5, 0.6) is 0 Å². The average Bonchev–Trinajstić information content (AvgIpc) is 3.09. The van der Waals surface area contributed by atoms with Crippen molar-refractivity contribution in [1.82, 2.24) is 14.8 Å². The summed E-state index contributed by atoms with van der Waals surface area (Å²) in [6.45, 7) is 5.61. The van der Waals surface area contributed by atoms with Crippen LogP contribution in [0, 0.1) is 6.92 Å². The van der Waals surface area contributed by atoms with Gasteiger partial charge in [-0.1, -0.05) is 17.7 Å². The van der Waals surface area contributed by atoms with Crippen molar-refractivity contribution in [2.45, 2.75) is 13.3 Å². The predicted octanol–water partition coefficient (Wildman–Crippen LogP) is 4.05. The second-order valence-corrected chi connectivity index (χ2v) is 7.95. The zero-order valence-electron chi connectivity index (χ0n) is 15.2. The normalized spacial score (nSPS) is 16.0. The minimum Gasteiger partial charge on any atom is -0.337 e. The van der Waals surface area contributed by atoms with E-state index >= 15 is 0 Å². The van der Waals surface area contributed by atoms with E-state index in [4.69, 9.17) is 4.98 Å². The Kier molecular flexibility index (Phi) is 4.74. The Hall–Kier alpha value is -2.24. The van der Waals surface area contributed by atoms with E-state index in [1.54, 1.807) is 11.3 Å². The van der Waals surface area contributed by atoms with Crippen LogP contribution in [0.15, 0.2) is 41.8 Å². The second kappa shape index (κ2) is 7.17. The number of pyridine rings is 1. The maximum absolute atomic E-state index is 13.4. The van der Waals surface area contributed by atoms with Crippen LogP contribution in [0.2, 0.25) is 0 Å². The Morgan fingerprint density at radius 1 is 1.12 bits per heavy atom. The van der Waals surface area contributed by atoms with Crippen LogP contribution in [0.3, 0.4) is 0 Å². The first-order valence-electron chi connectivity index (χ1n) is 9.05. The number of thiophene rings is 1. The molecule has 1 aromatic carbocycles. The highest BCUT2D eigenvalue weighted by Gasteiger charge is 2.22. The number of carbonyl (C=O) groups is 1. The minimum absolute atomic E-state index is 0.121. The molecule has 4 nitrogen and oxygen atoms in total. The first kappa shape index (κ1) is 17.2. The van der Waals surface area contributed by atoms with Gasteiger partial charge in [-0.2, -0.15) is 0 Å². The van der Waals surface area contributed by atoms with Crippen molar-refractivity contribution in [1.29, 1.82) is 0 Å². The molecule has 134 valence electrons. The van der Waals surface area contributed by atoms with Crippen LogP contribution in [-0.4, -0.2) is 53.9 Å². The van der Waals surface area contributed by atoms with E-state index in [-0.39, 0.29) is 5.91 Å². The lowest BCUT2D eigenvalue weighted by molar-refractivity contribution is 0.0765. The fraction of sp³-hybridized carbons (Fsp3) is 0.333. The number of amides is 1. The van der Waals surface area contributed by atoms with E-state index < -0.39 is 0 Å². The molecule has 0 unspecified atom stereocenters. The van der Waals surface area contributed by atoms with Gasteiger partial charge in [0.1, 0.15) is 0 Å². The van der Waals surface area contributed by atoms with E-state index in [9.17, 15) is 4.79 Å². The van der Waals surface area contributed by atoms with Crippen LogP contribution in [0.1, 0.15) is 22.3 Å². The SMILES string of the molecule is Cc1ccc2nc(-c3cccs3)cc(C(=O)N3CCCN(C)CC3)c2c1. The predicted molar refractivity (Wildman–Crippen MR) is 108 cm³/mol. The molecular formula is C21H23N3OS. The van der Waals surface area contributed by atoms with Gasteiger partial charge in [0, 0.05) is 25.0 Å². The number of likely N-dealkylation sites (N-methyl/N-ethyl adjacent to an activating group) is 1. The first-order chi connectivity index (χ1) is 12.6. The largest absolute Gasteiger partial charge is 0.337 e. The molecule has 1 saturated heterocycles. The molecule has 0 radical (unpaired) electrons. The van der Waals surface area contributed by atoms with Gasteiger partial charge in [0.05, 0.1) is 21.7 Å². The molecule has 26 heavy (non-hydrogen) atoms. The zero-order valence-corrected chi connectivity index (χ0v) is 16.1. The fourth-order valence-electron chi connectivity index (χ4n) is 3.49. The maximum atomic E-state index is 13.4. The molecule has 0 bridgehead atoms. The van der Waals surface area contributed by atoms with Gasteiger partial charge in [-0.3, -0.25) is 4.79 Å². The number of hydrogen-bond donors (Lipinski definition) is 0. The van der Waals surface area contributed by atoms with Crippen LogP contribution in [0.4, 0.5) is 0 Å². The van der Waals surface area contributed by atoms with E-state index in [0.717, 1.165) is 65.2 Å². The lowest BCUT2D eigenvalue weighted by atomic mass is 10.0. The lowest BCUT2D eigenvalue weighted by Gasteiger charge is -2.22. The van der Waals surface area contributed by atoms with Gasteiger partial charge in [-0.25, -0.2) is 4.98 Å². The smallest absolute Gasteiger partial charge is 0.254 e. The van der Waals surface area contributed by atoms with Crippen molar-refractivity contribution in [3.63, 3.8) is 0 Å². The molecular weight excluding hydrogens is 342 g/mol. The molecule has 0 aliphatic carbocycles. The quantitative estimate of drug-likeness (QED) is 0.687. The third kappa shape index (κ3) is 3.37. The molecule has 0 N–H and O–H groups in total. The summed E-state index contributed by atoms with van der Waals surface area (Å²) in [7, 11) is 2.12. The number of benzene rings is 1. The van der Waals surface area contributed by atoms with Crippen LogP contribution in [0.25, 0.3) is 21.5 Å². The molecule has 1 aliphatic rings. The molecule has 0 saturated carbocycles. The third-order valence-electron chi connectivity index (χ3n) is 4.97. The number of carbonyl (C=O) groups excluding carboxylic acids is 1. The zero-order chi connectivity index (χ0) is 18.1. The van der Waals surface area contributed by atoms with Gasteiger partial charge >= 0.3 is 0 Å². The van der Waals surface area contributed by atoms with Crippen LogP contribution >= 0.6 is 11.3 Å². The second-order valence-electron chi connectivity index (χ2n) is 7.00. The van der Waals surface area contributed by atoms with Gasteiger partial charge in [-0.15, -0.1) is 11.3 Å². The molecule has 0 spiro atoms. The standard InChI is InChI=1S/C21H23N3OS/c1-15-6-7-18-16(13-15)17(14-19(22-18)20-5-3-12-26-20)21(25)24-9-4-8-23(2)10-11-24/h3,5-7,12-14H,4,8-11H2,1-2H3. The molecule has 1 amide bonds. The number of fused-ring (bicyclic) bond motifs is 1. The Morgan fingerprint density at radius 2 is 2.00 bits per heavy atom. The number of rotatable bonds is 2. The third-order valence-corrected chi connectivity index (χ3v) is 5.87. The molecule has 5 heteroatoms. The van der Waals surface area contributed by atoms with Gasteiger partial charge in [-0.05, 0) is 56.6 Å². The van der Waals surface area contributed by atoms with Crippen molar-refractivity contribution < 1.29 is 4.79 Å². The minimum atomic E-state index is 0.121. The maximum Gasteiger partial charge on any atom is 0.254 e. The Morgan fingerprint density at radius 3 is 2.81 bits per heavy atom. The number of aryl methyl sites for hydroxylation is 1. The highest BCUT2D eigenvalue weighted by molar-refractivity contribution is 7.13. The van der Waals surface area contributed by atoms with Gasteiger partial charge in [0.25, 0.3) is 5.91 Å². The van der Waals surface area contributed by atoms with E-state index in [0.29, 0.717) is 0 Å². The summed E-state index contributed by atoms with van der Waals surface area (Å²) >= 11 is 1.65. The van der Waals surface area contributed by atoms with Gasteiger partial charge in [0.2, 0.25) is 0 Å². The van der Waals surface area contributed by atoms with Crippen molar-refractivity contribution in [2.24, 2.45) is 0 Å².